The van der Waals surface area contributed by atoms with Crippen molar-refractivity contribution in [2.24, 2.45) is 0 Å². The molecule has 0 aromatic rings. The second-order valence-electron chi connectivity index (χ2n) is 1.19. The first-order valence-electron chi connectivity index (χ1n) is 2.47. The van der Waals surface area contributed by atoms with Gasteiger partial charge >= 0.3 is 0 Å². The summed E-state index contributed by atoms with van der Waals surface area (Å²) in [7, 11) is 3.75. The minimum absolute atomic E-state index is 0. The van der Waals surface area contributed by atoms with Crippen LogP contribution in [0.1, 0.15) is 13.3 Å². The maximum absolute atomic E-state index is 5.19. The van der Waals surface area contributed by atoms with Crippen LogP contribution < -0.4 is 5.32 Å². The lowest BCUT2D eigenvalue weighted by Gasteiger charge is -1.65. The van der Waals surface area contributed by atoms with Crippen molar-refractivity contribution in [1.82, 2.24) is 5.32 Å². The molecule has 0 aromatic heterocycles. The third-order valence-electron chi connectivity index (χ3n) is 0.189. The largest absolute Gasteiger partial charge is 0.323 e. The highest BCUT2D eigenvalue weighted by Crippen LogP contribution is 1.75. The molecule has 0 radical (unpaired) electrons. The van der Waals surface area contributed by atoms with E-state index in [1.807, 2.05) is 21.0 Å². The van der Waals surface area contributed by atoms with Crippen molar-refractivity contribution in [3.05, 3.63) is 0 Å². The van der Waals surface area contributed by atoms with Crippen LogP contribution in [0, 0.1) is 0 Å². The summed E-state index contributed by atoms with van der Waals surface area (Å²) in [6.45, 7) is 2.05. The van der Waals surface area contributed by atoms with E-state index in [0.29, 0.717) is 0 Å². The maximum atomic E-state index is 5.19. The lowest BCUT2D eigenvalue weighted by Crippen LogP contribution is -1.89. The standard InChI is InChI=1S/C3H7Cl.C2H7N.ClH/c1-2-3-4;1-3-2;/h2-3H2,1H3;3H,1-2H3;1H. The monoisotopic (exact) mass is 159 g/mol. The van der Waals surface area contributed by atoms with Crippen LogP contribution in [0.15, 0.2) is 0 Å². The Morgan fingerprint density at radius 2 is 1.50 bits per heavy atom. The number of halogens is 2. The van der Waals surface area contributed by atoms with Gasteiger partial charge in [-0.25, -0.2) is 0 Å². The van der Waals surface area contributed by atoms with Crippen LogP contribution in [0.5, 0.6) is 0 Å². The molecule has 1 N–H and O–H groups in total. The van der Waals surface area contributed by atoms with Crippen molar-refractivity contribution < 1.29 is 0 Å². The highest BCUT2D eigenvalue weighted by Gasteiger charge is 1.59. The molecule has 0 amide bonds. The average Bonchev–Trinajstić information content (AvgIpc) is 1.69. The lowest BCUT2D eigenvalue weighted by atomic mass is 10.6. The van der Waals surface area contributed by atoms with E-state index in [9.17, 15) is 0 Å². The third kappa shape index (κ3) is 84.6. The molecule has 0 heterocycles. The molecule has 0 atom stereocenters. The Kier molecular flexibility index (Phi) is 50.9. The number of rotatable bonds is 1. The number of alkyl halides is 1. The quantitative estimate of drug-likeness (QED) is 0.577. The zero-order valence-electron chi connectivity index (χ0n) is 5.70. The molecule has 0 fully saturated rings. The van der Waals surface area contributed by atoms with Crippen LogP contribution in [-0.2, 0) is 0 Å². The third-order valence-corrected chi connectivity index (χ3v) is 0.567. The Morgan fingerprint density at radius 3 is 1.50 bits per heavy atom. The predicted molar refractivity (Wildman–Crippen MR) is 43.2 cm³/mol. The topological polar surface area (TPSA) is 12.0 Å². The normalized spacial score (nSPS) is 6.00. The minimum Gasteiger partial charge on any atom is -0.323 e. The summed E-state index contributed by atoms with van der Waals surface area (Å²) < 4.78 is 0. The van der Waals surface area contributed by atoms with Gasteiger partial charge in [-0.2, -0.15) is 0 Å². The molecule has 8 heavy (non-hydrogen) atoms. The summed E-state index contributed by atoms with van der Waals surface area (Å²) in [5.41, 5.74) is 0. The van der Waals surface area contributed by atoms with Gasteiger partial charge in [-0.15, -0.1) is 24.0 Å². The number of hydrogen-bond acceptors (Lipinski definition) is 1. The van der Waals surface area contributed by atoms with Crippen molar-refractivity contribution in [1.29, 1.82) is 0 Å². The average molecular weight is 160 g/mol. The fourth-order valence-electron chi connectivity index (χ4n) is 0. The summed E-state index contributed by atoms with van der Waals surface area (Å²) >= 11 is 5.19. The van der Waals surface area contributed by atoms with Gasteiger partial charge < -0.3 is 5.32 Å². The first-order chi connectivity index (χ1) is 3.33. The predicted octanol–water partition coefficient (Wildman–Crippen LogP) is 1.89. The summed E-state index contributed by atoms with van der Waals surface area (Å²) in [5, 5.41) is 2.75. The van der Waals surface area contributed by atoms with Gasteiger partial charge in [0, 0.05) is 5.88 Å². The molecular formula is C5H15Cl2N. The molecule has 0 rings (SSSR count). The van der Waals surface area contributed by atoms with Crippen LogP contribution in [0.25, 0.3) is 0 Å². The molecule has 0 aliphatic carbocycles. The molecule has 0 aromatic carbocycles. The molecule has 3 heteroatoms. The molecule has 0 aliphatic rings. The van der Waals surface area contributed by atoms with Crippen molar-refractivity contribution >= 4 is 24.0 Å². The zero-order valence-corrected chi connectivity index (χ0v) is 7.27. The molecule has 0 unspecified atom stereocenters. The van der Waals surface area contributed by atoms with Gasteiger partial charge in [0.1, 0.15) is 0 Å². The van der Waals surface area contributed by atoms with Crippen LogP contribution >= 0.6 is 24.0 Å². The SMILES string of the molecule is CCCCl.CNC.Cl. The van der Waals surface area contributed by atoms with Crippen LogP contribution in [0.3, 0.4) is 0 Å². The van der Waals surface area contributed by atoms with E-state index in [0.717, 1.165) is 12.3 Å². The van der Waals surface area contributed by atoms with Gasteiger partial charge in [-0.3, -0.25) is 0 Å². The number of nitrogens with one attached hydrogen (secondary N) is 1. The van der Waals surface area contributed by atoms with Crippen molar-refractivity contribution in [3.8, 4) is 0 Å². The molecule has 0 saturated carbocycles. The first kappa shape index (κ1) is 15.8. The van der Waals surface area contributed by atoms with E-state index in [4.69, 9.17) is 11.6 Å². The number of hydrogen-bond donors (Lipinski definition) is 1. The van der Waals surface area contributed by atoms with Gasteiger partial charge in [0.25, 0.3) is 0 Å². The van der Waals surface area contributed by atoms with E-state index in [1.165, 1.54) is 0 Å². The van der Waals surface area contributed by atoms with E-state index in [2.05, 4.69) is 5.32 Å². The first-order valence-corrected chi connectivity index (χ1v) is 3.01. The highest BCUT2D eigenvalue weighted by atomic mass is 35.5. The van der Waals surface area contributed by atoms with Gasteiger partial charge in [0.2, 0.25) is 0 Å². The van der Waals surface area contributed by atoms with Crippen molar-refractivity contribution in [2.75, 3.05) is 20.0 Å². The van der Waals surface area contributed by atoms with Gasteiger partial charge in [-0.1, -0.05) is 6.92 Å². The molecular weight excluding hydrogens is 145 g/mol. The minimum atomic E-state index is 0. The maximum Gasteiger partial charge on any atom is 0.0220 e. The van der Waals surface area contributed by atoms with Gasteiger partial charge in [0.15, 0.2) is 0 Å². The van der Waals surface area contributed by atoms with E-state index >= 15 is 0 Å². The second kappa shape index (κ2) is 25.7. The molecule has 0 saturated heterocycles. The van der Waals surface area contributed by atoms with Crippen LogP contribution in [0.4, 0.5) is 0 Å². The van der Waals surface area contributed by atoms with Crippen molar-refractivity contribution in [3.63, 3.8) is 0 Å². The Hall–Kier alpha value is 0.540. The molecule has 1 nitrogen and oxygen atoms in total. The van der Waals surface area contributed by atoms with Gasteiger partial charge in [-0.05, 0) is 20.5 Å². The summed E-state index contributed by atoms with van der Waals surface area (Å²) in [6, 6.07) is 0. The Bertz CT molecular complexity index is 17.9. The fourth-order valence-corrected chi connectivity index (χ4v) is 0. The highest BCUT2D eigenvalue weighted by molar-refractivity contribution is 6.17. The second-order valence-corrected chi connectivity index (χ2v) is 1.57. The molecule has 54 valence electrons. The summed E-state index contributed by atoms with van der Waals surface area (Å²) in [4.78, 5) is 0. The summed E-state index contributed by atoms with van der Waals surface area (Å²) in [6.07, 6.45) is 1.08. The van der Waals surface area contributed by atoms with Crippen LogP contribution in [0.2, 0.25) is 0 Å². The zero-order chi connectivity index (χ0) is 6.12. The Morgan fingerprint density at radius 1 is 1.38 bits per heavy atom. The Balaban J connectivity index is -0.0000000575. The van der Waals surface area contributed by atoms with Crippen LogP contribution in [-0.4, -0.2) is 20.0 Å². The molecule has 0 bridgehead atoms. The summed E-state index contributed by atoms with van der Waals surface area (Å²) in [5.74, 6) is 0.792. The van der Waals surface area contributed by atoms with Crippen molar-refractivity contribution in [2.45, 2.75) is 13.3 Å². The van der Waals surface area contributed by atoms with Gasteiger partial charge in [0.05, 0.1) is 0 Å². The Labute approximate surface area is 63.2 Å². The van der Waals surface area contributed by atoms with E-state index in [-0.39, 0.29) is 12.4 Å². The van der Waals surface area contributed by atoms with E-state index in [1.54, 1.807) is 0 Å². The molecule has 0 aliphatic heterocycles. The lowest BCUT2D eigenvalue weighted by molar-refractivity contribution is 1.02. The van der Waals surface area contributed by atoms with E-state index < -0.39 is 0 Å². The smallest absolute Gasteiger partial charge is 0.0220 e. The molecule has 0 spiro atoms. The fraction of sp³-hybridized carbons (Fsp3) is 1.00.